The van der Waals surface area contributed by atoms with E-state index in [0.717, 1.165) is 0 Å². The summed E-state index contributed by atoms with van der Waals surface area (Å²) in [7, 11) is 0. The molecule has 7 nitrogen and oxygen atoms in total. The lowest BCUT2D eigenvalue weighted by atomic mass is 9.95. The van der Waals surface area contributed by atoms with E-state index in [1.165, 1.54) is 20.8 Å². The summed E-state index contributed by atoms with van der Waals surface area (Å²) >= 11 is 0. The van der Waals surface area contributed by atoms with Gasteiger partial charge in [-0.05, 0) is 6.42 Å². The summed E-state index contributed by atoms with van der Waals surface area (Å²) in [5, 5.41) is 0. The first-order valence-corrected chi connectivity index (χ1v) is 7.07. The molecule has 0 N–H and O–H groups in total. The van der Waals surface area contributed by atoms with Gasteiger partial charge in [0.25, 0.3) is 0 Å². The average molecular weight is 314 g/mol. The number of carbonyl (C=O) groups is 3. The fourth-order valence-electron chi connectivity index (χ4n) is 2.36. The van der Waals surface area contributed by atoms with Gasteiger partial charge in [0.15, 0.2) is 6.10 Å². The second kappa shape index (κ2) is 8.53. The van der Waals surface area contributed by atoms with Crippen LogP contribution in [0.5, 0.6) is 0 Å². The van der Waals surface area contributed by atoms with Crippen LogP contribution in [0.3, 0.4) is 0 Å². The number of hydrogen-bond acceptors (Lipinski definition) is 7. The number of carbonyl (C=O) groups excluding carboxylic acids is 3. The van der Waals surface area contributed by atoms with Gasteiger partial charge in [0, 0.05) is 27.2 Å². The Balaban J connectivity index is 2.86. The van der Waals surface area contributed by atoms with Gasteiger partial charge in [-0.3, -0.25) is 14.4 Å². The third-order valence-electron chi connectivity index (χ3n) is 3.09. The van der Waals surface area contributed by atoms with Crippen LogP contribution in [0.15, 0.2) is 12.7 Å². The summed E-state index contributed by atoms with van der Waals surface area (Å²) < 4.78 is 21.2. The number of esters is 3. The van der Waals surface area contributed by atoms with Gasteiger partial charge in [-0.25, -0.2) is 0 Å². The van der Waals surface area contributed by atoms with Crippen molar-refractivity contribution in [2.45, 2.75) is 58.0 Å². The zero-order valence-corrected chi connectivity index (χ0v) is 13.1. The Hall–Kier alpha value is -1.89. The van der Waals surface area contributed by atoms with E-state index in [0.29, 0.717) is 6.42 Å². The molecule has 1 rings (SSSR count). The van der Waals surface area contributed by atoms with Crippen LogP contribution in [0.1, 0.15) is 33.6 Å². The molecule has 0 amide bonds. The molecule has 0 aromatic rings. The summed E-state index contributed by atoms with van der Waals surface area (Å²) in [5.74, 6) is -1.39. The first-order valence-electron chi connectivity index (χ1n) is 7.07. The Bertz CT molecular complexity index is 432. The van der Waals surface area contributed by atoms with Crippen LogP contribution in [-0.2, 0) is 33.3 Å². The van der Waals surface area contributed by atoms with Gasteiger partial charge in [-0.2, -0.15) is 0 Å². The lowest BCUT2D eigenvalue weighted by molar-refractivity contribution is -0.211. The van der Waals surface area contributed by atoms with Gasteiger partial charge in [-0.15, -0.1) is 6.58 Å². The standard InChI is InChI=1S/C15H22O7/c1-5-6-13-15(21-11(4)18)14(20-10(3)17)7-12(22-13)8-19-9(2)16/h5,12-15H,1,6-8H2,2-4H3. The molecule has 0 aliphatic carbocycles. The van der Waals surface area contributed by atoms with Gasteiger partial charge in [0.1, 0.15) is 18.8 Å². The van der Waals surface area contributed by atoms with Crippen molar-refractivity contribution in [1.82, 2.24) is 0 Å². The van der Waals surface area contributed by atoms with E-state index >= 15 is 0 Å². The molecule has 7 heteroatoms. The SMILES string of the molecule is C=CCC1OC(COC(C)=O)CC(OC(C)=O)C1OC(C)=O. The summed E-state index contributed by atoms with van der Waals surface area (Å²) in [6.07, 6.45) is -0.0102. The molecular formula is C15H22O7. The van der Waals surface area contributed by atoms with Gasteiger partial charge in [0.2, 0.25) is 0 Å². The van der Waals surface area contributed by atoms with Crippen molar-refractivity contribution in [2.75, 3.05) is 6.61 Å². The van der Waals surface area contributed by atoms with Crippen molar-refractivity contribution < 1.29 is 33.3 Å². The maximum Gasteiger partial charge on any atom is 0.303 e. The summed E-state index contributed by atoms with van der Waals surface area (Å²) in [5.41, 5.74) is 0. The van der Waals surface area contributed by atoms with Crippen molar-refractivity contribution in [3.8, 4) is 0 Å². The fourth-order valence-corrected chi connectivity index (χ4v) is 2.36. The average Bonchev–Trinajstić information content (AvgIpc) is 2.39. The van der Waals surface area contributed by atoms with Crippen LogP contribution < -0.4 is 0 Å². The van der Waals surface area contributed by atoms with Gasteiger partial charge >= 0.3 is 17.9 Å². The Morgan fingerprint density at radius 3 is 2.27 bits per heavy atom. The highest BCUT2D eigenvalue weighted by Gasteiger charge is 2.42. The molecule has 0 spiro atoms. The van der Waals surface area contributed by atoms with Gasteiger partial charge < -0.3 is 18.9 Å². The van der Waals surface area contributed by atoms with E-state index in [-0.39, 0.29) is 13.0 Å². The van der Waals surface area contributed by atoms with E-state index in [9.17, 15) is 14.4 Å². The maximum atomic E-state index is 11.3. The lowest BCUT2D eigenvalue weighted by Gasteiger charge is -2.40. The van der Waals surface area contributed by atoms with Crippen LogP contribution in [0.4, 0.5) is 0 Å². The van der Waals surface area contributed by atoms with E-state index in [1.54, 1.807) is 6.08 Å². The minimum atomic E-state index is -0.715. The number of ether oxygens (including phenoxy) is 4. The minimum Gasteiger partial charge on any atom is -0.463 e. The molecule has 0 radical (unpaired) electrons. The lowest BCUT2D eigenvalue weighted by Crippen LogP contribution is -2.52. The van der Waals surface area contributed by atoms with E-state index in [1.807, 2.05) is 0 Å². The van der Waals surface area contributed by atoms with Crippen molar-refractivity contribution in [2.24, 2.45) is 0 Å². The third kappa shape index (κ3) is 5.85. The molecule has 1 heterocycles. The number of rotatable bonds is 6. The minimum absolute atomic E-state index is 0.0491. The second-order valence-electron chi connectivity index (χ2n) is 5.08. The molecule has 22 heavy (non-hydrogen) atoms. The van der Waals surface area contributed by atoms with Crippen LogP contribution >= 0.6 is 0 Å². The second-order valence-corrected chi connectivity index (χ2v) is 5.08. The van der Waals surface area contributed by atoms with E-state index < -0.39 is 42.3 Å². The molecule has 1 aliphatic rings. The third-order valence-corrected chi connectivity index (χ3v) is 3.09. The van der Waals surface area contributed by atoms with Crippen LogP contribution in [0, 0.1) is 0 Å². The smallest absolute Gasteiger partial charge is 0.303 e. The number of hydrogen-bond donors (Lipinski definition) is 0. The monoisotopic (exact) mass is 314 g/mol. The van der Waals surface area contributed by atoms with E-state index in [4.69, 9.17) is 18.9 Å². The first-order chi connectivity index (χ1) is 10.3. The normalized spacial score (nSPS) is 27.6. The van der Waals surface area contributed by atoms with E-state index in [2.05, 4.69) is 6.58 Å². The zero-order chi connectivity index (χ0) is 16.7. The molecular weight excluding hydrogens is 292 g/mol. The van der Waals surface area contributed by atoms with Crippen molar-refractivity contribution in [3.05, 3.63) is 12.7 Å². The van der Waals surface area contributed by atoms with Gasteiger partial charge in [-0.1, -0.05) is 6.08 Å². The molecule has 0 aromatic carbocycles. The van der Waals surface area contributed by atoms with Crippen molar-refractivity contribution in [1.29, 1.82) is 0 Å². The largest absolute Gasteiger partial charge is 0.463 e. The molecule has 0 aromatic heterocycles. The highest BCUT2D eigenvalue weighted by molar-refractivity contribution is 5.67. The molecule has 0 bridgehead atoms. The fraction of sp³-hybridized carbons (Fsp3) is 0.667. The first kappa shape index (κ1) is 18.2. The Morgan fingerprint density at radius 2 is 1.77 bits per heavy atom. The predicted octanol–water partition coefficient (Wildman–Crippen LogP) is 1.15. The van der Waals surface area contributed by atoms with Crippen molar-refractivity contribution >= 4 is 17.9 Å². The summed E-state index contributed by atoms with van der Waals surface area (Å²) in [4.78, 5) is 33.5. The highest BCUT2D eigenvalue weighted by Crippen LogP contribution is 2.28. The Morgan fingerprint density at radius 1 is 1.14 bits per heavy atom. The topological polar surface area (TPSA) is 88.1 Å². The Kier molecular flexibility index (Phi) is 7.04. The van der Waals surface area contributed by atoms with Crippen LogP contribution in [0.25, 0.3) is 0 Å². The predicted molar refractivity (Wildman–Crippen MR) is 75.8 cm³/mol. The summed E-state index contributed by atoms with van der Waals surface area (Å²) in [6, 6.07) is 0. The molecule has 1 aliphatic heterocycles. The zero-order valence-electron chi connectivity index (χ0n) is 13.1. The van der Waals surface area contributed by atoms with Crippen LogP contribution in [0.2, 0.25) is 0 Å². The van der Waals surface area contributed by atoms with Crippen LogP contribution in [-0.4, -0.2) is 48.9 Å². The molecule has 4 unspecified atom stereocenters. The Labute approximate surface area is 129 Å². The molecule has 124 valence electrons. The van der Waals surface area contributed by atoms with Gasteiger partial charge in [0.05, 0.1) is 6.10 Å². The quantitative estimate of drug-likeness (QED) is 0.413. The molecule has 1 fully saturated rings. The maximum absolute atomic E-state index is 11.3. The molecule has 1 saturated heterocycles. The van der Waals surface area contributed by atoms with Crippen molar-refractivity contribution in [3.63, 3.8) is 0 Å². The summed E-state index contributed by atoms with van der Waals surface area (Å²) in [6.45, 7) is 7.55. The molecule has 0 saturated carbocycles. The molecule has 4 atom stereocenters. The highest BCUT2D eigenvalue weighted by atomic mass is 16.6.